The summed E-state index contributed by atoms with van der Waals surface area (Å²) in [6.07, 6.45) is 2.32. The van der Waals surface area contributed by atoms with E-state index < -0.39 is 5.41 Å². The fourth-order valence-corrected chi connectivity index (χ4v) is 3.91. The number of carbonyl (C=O) groups is 1. The topological polar surface area (TPSA) is 47.6 Å². The molecule has 4 nitrogen and oxygen atoms in total. The van der Waals surface area contributed by atoms with Crippen LogP contribution >= 0.6 is 11.6 Å². The molecule has 1 aliphatic heterocycles. The number of hydrogen-bond donors (Lipinski definition) is 1. The number of nitrogens with one attached hydrogen (secondary N) is 1. The van der Waals surface area contributed by atoms with Gasteiger partial charge in [0.15, 0.2) is 0 Å². The van der Waals surface area contributed by atoms with E-state index >= 15 is 0 Å². The van der Waals surface area contributed by atoms with Gasteiger partial charge in [-0.3, -0.25) is 4.79 Å². The first-order valence-electron chi connectivity index (χ1n) is 9.88. The van der Waals surface area contributed by atoms with Crippen molar-refractivity contribution in [2.45, 2.75) is 51.6 Å². The van der Waals surface area contributed by atoms with Gasteiger partial charge in [-0.05, 0) is 68.5 Å². The van der Waals surface area contributed by atoms with Gasteiger partial charge in [-0.15, -0.1) is 0 Å². The Kier molecular flexibility index (Phi) is 6.63. The highest BCUT2D eigenvalue weighted by Crippen LogP contribution is 2.39. The van der Waals surface area contributed by atoms with Crippen LogP contribution in [-0.4, -0.2) is 25.2 Å². The molecule has 0 bridgehead atoms. The summed E-state index contributed by atoms with van der Waals surface area (Å²) in [6, 6.07) is 13.4. The van der Waals surface area contributed by atoms with Gasteiger partial charge in [0.25, 0.3) is 0 Å². The monoisotopic (exact) mass is 401 g/mol. The molecule has 1 fully saturated rings. The minimum absolute atomic E-state index is 0.0427. The lowest BCUT2D eigenvalue weighted by molar-refractivity contribution is -0.125. The molecule has 1 amide bonds. The number of amides is 1. The van der Waals surface area contributed by atoms with Crippen molar-refractivity contribution in [2.24, 2.45) is 0 Å². The lowest BCUT2D eigenvalue weighted by atomic mass is 9.73. The predicted octanol–water partition coefficient (Wildman–Crippen LogP) is 5.51. The molecule has 0 unspecified atom stereocenters. The molecule has 0 saturated carbocycles. The zero-order valence-corrected chi connectivity index (χ0v) is 17.5. The quantitative estimate of drug-likeness (QED) is 0.693. The summed E-state index contributed by atoms with van der Waals surface area (Å²) < 4.78 is 11.5. The van der Waals surface area contributed by atoms with E-state index in [9.17, 15) is 4.79 Å². The van der Waals surface area contributed by atoms with Crippen LogP contribution in [0.1, 0.15) is 44.2 Å². The Morgan fingerprint density at radius 2 is 1.96 bits per heavy atom. The third kappa shape index (κ3) is 4.34. The molecule has 1 heterocycles. The third-order valence-electron chi connectivity index (χ3n) is 5.51. The summed E-state index contributed by atoms with van der Waals surface area (Å²) in [4.78, 5) is 13.4. The highest BCUT2D eigenvalue weighted by molar-refractivity contribution is 6.31. The molecule has 0 spiro atoms. The van der Waals surface area contributed by atoms with Crippen LogP contribution < -0.4 is 10.1 Å². The molecule has 2 aromatic carbocycles. The second-order valence-corrected chi connectivity index (χ2v) is 7.85. The first kappa shape index (κ1) is 20.7. The van der Waals surface area contributed by atoms with E-state index in [0.717, 1.165) is 29.0 Å². The molecule has 28 heavy (non-hydrogen) atoms. The van der Waals surface area contributed by atoms with Crippen LogP contribution in [0.25, 0.3) is 0 Å². The zero-order valence-electron chi connectivity index (χ0n) is 16.8. The summed E-state index contributed by atoms with van der Waals surface area (Å²) in [5.41, 5.74) is 1.94. The molecular weight excluding hydrogens is 374 g/mol. The van der Waals surface area contributed by atoms with Crippen LogP contribution in [0.3, 0.4) is 0 Å². The van der Waals surface area contributed by atoms with E-state index in [4.69, 9.17) is 21.1 Å². The molecule has 1 atom stereocenters. The van der Waals surface area contributed by atoms with Crippen molar-refractivity contribution in [3.63, 3.8) is 0 Å². The van der Waals surface area contributed by atoms with Gasteiger partial charge in [-0.1, -0.05) is 36.7 Å². The van der Waals surface area contributed by atoms with Crippen molar-refractivity contribution in [1.29, 1.82) is 0 Å². The molecule has 0 aliphatic carbocycles. The first-order valence-corrected chi connectivity index (χ1v) is 10.3. The SMILES string of the molecule is CC[C@H](C)Oc1ccc(NC(=O)C2(c3ccccc3Cl)CCOCC2)cc1C. The van der Waals surface area contributed by atoms with Crippen LogP contribution in [0, 0.1) is 6.92 Å². The van der Waals surface area contributed by atoms with E-state index in [2.05, 4.69) is 12.2 Å². The molecule has 2 aromatic rings. The van der Waals surface area contributed by atoms with E-state index in [-0.39, 0.29) is 12.0 Å². The third-order valence-corrected chi connectivity index (χ3v) is 5.84. The van der Waals surface area contributed by atoms with Gasteiger partial charge in [0, 0.05) is 23.9 Å². The Bertz CT molecular complexity index is 830. The summed E-state index contributed by atoms with van der Waals surface area (Å²) in [6.45, 7) is 7.22. The standard InChI is InChI=1S/C23H28ClNO3/c1-4-17(3)28-21-10-9-18(15-16(21)2)25-22(26)23(11-13-27-14-12-23)19-7-5-6-8-20(19)24/h5-10,15,17H,4,11-14H2,1-3H3,(H,25,26)/t17-/m0/s1. The number of carbonyl (C=O) groups excluding carboxylic acids is 1. The number of hydrogen-bond acceptors (Lipinski definition) is 3. The summed E-state index contributed by atoms with van der Waals surface area (Å²) in [7, 11) is 0. The highest BCUT2D eigenvalue weighted by atomic mass is 35.5. The van der Waals surface area contributed by atoms with Crippen molar-refractivity contribution >= 4 is 23.2 Å². The highest BCUT2D eigenvalue weighted by Gasteiger charge is 2.43. The lowest BCUT2D eigenvalue weighted by Gasteiger charge is -2.36. The Morgan fingerprint density at radius 1 is 1.25 bits per heavy atom. The Morgan fingerprint density at radius 3 is 2.61 bits per heavy atom. The van der Waals surface area contributed by atoms with Crippen molar-refractivity contribution < 1.29 is 14.3 Å². The molecule has 3 rings (SSSR count). The predicted molar refractivity (Wildman–Crippen MR) is 113 cm³/mol. The Hall–Kier alpha value is -2.04. The van der Waals surface area contributed by atoms with Crippen molar-refractivity contribution in [2.75, 3.05) is 18.5 Å². The molecular formula is C23H28ClNO3. The van der Waals surface area contributed by atoms with Gasteiger partial charge in [-0.25, -0.2) is 0 Å². The minimum Gasteiger partial charge on any atom is -0.490 e. The zero-order chi connectivity index (χ0) is 20.1. The van der Waals surface area contributed by atoms with Crippen LogP contribution in [0.15, 0.2) is 42.5 Å². The number of rotatable bonds is 6. The molecule has 1 aliphatic rings. The van der Waals surface area contributed by atoms with Crippen molar-refractivity contribution in [1.82, 2.24) is 0 Å². The Labute approximate surface area is 172 Å². The molecule has 1 N–H and O–H groups in total. The van der Waals surface area contributed by atoms with Crippen LogP contribution in [0.2, 0.25) is 5.02 Å². The van der Waals surface area contributed by atoms with Gasteiger partial charge in [0.2, 0.25) is 5.91 Å². The van der Waals surface area contributed by atoms with Crippen molar-refractivity contribution in [3.05, 3.63) is 58.6 Å². The average Bonchev–Trinajstić information content (AvgIpc) is 2.70. The fourth-order valence-electron chi connectivity index (χ4n) is 3.60. The number of benzene rings is 2. The molecule has 150 valence electrons. The first-order chi connectivity index (χ1) is 13.5. The maximum Gasteiger partial charge on any atom is 0.235 e. The maximum absolute atomic E-state index is 13.4. The maximum atomic E-state index is 13.4. The van der Waals surface area contributed by atoms with Crippen LogP contribution in [0.4, 0.5) is 5.69 Å². The van der Waals surface area contributed by atoms with Gasteiger partial charge in [-0.2, -0.15) is 0 Å². The smallest absolute Gasteiger partial charge is 0.235 e. The second kappa shape index (κ2) is 8.97. The molecule has 0 aromatic heterocycles. The van der Waals surface area contributed by atoms with E-state index in [1.54, 1.807) is 0 Å². The largest absolute Gasteiger partial charge is 0.490 e. The summed E-state index contributed by atoms with van der Waals surface area (Å²) in [5, 5.41) is 3.72. The molecule has 0 radical (unpaired) electrons. The van der Waals surface area contributed by atoms with Gasteiger partial charge in [0.1, 0.15) is 5.75 Å². The lowest BCUT2D eigenvalue weighted by Crippen LogP contribution is -2.45. The van der Waals surface area contributed by atoms with Crippen LogP contribution in [-0.2, 0) is 14.9 Å². The Balaban J connectivity index is 1.85. The summed E-state index contributed by atoms with van der Waals surface area (Å²) >= 11 is 6.46. The van der Waals surface area contributed by atoms with Gasteiger partial charge < -0.3 is 14.8 Å². The normalized spacial score (nSPS) is 17.0. The number of ether oxygens (including phenoxy) is 2. The van der Waals surface area contributed by atoms with Gasteiger partial charge >= 0.3 is 0 Å². The van der Waals surface area contributed by atoms with E-state index in [1.807, 2.05) is 56.3 Å². The number of halogens is 1. The average molecular weight is 402 g/mol. The second-order valence-electron chi connectivity index (χ2n) is 7.45. The fraction of sp³-hybridized carbons (Fsp3) is 0.435. The molecule has 1 saturated heterocycles. The van der Waals surface area contributed by atoms with E-state index in [1.165, 1.54) is 0 Å². The van der Waals surface area contributed by atoms with Crippen molar-refractivity contribution in [3.8, 4) is 5.75 Å². The minimum atomic E-state index is -0.684. The number of anilines is 1. The summed E-state index contributed by atoms with van der Waals surface area (Å²) in [5.74, 6) is 0.804. The van der Waals surface area contributed by atoms with Crippen LogP contribution in [0.5, 0.6) is 5.75 Å². The number of aryl methyl sites for hydroxylation is 1. The van der Waals surface area contributed by atoms with E-state index in [0.29, 0.717) is 31.1 Å². The molecule has 5 heteroatoms. The van der Waals surface area contributed by atoms with Gasteiger partial charge in [0.05, 0.1) is 11.5 Å².